The highest BCUT2D eigenvalue weighted by Crippen LogP contribution is 2.02. The van der Waals surface area contributed by atoms with Crippen molar-refractivity contribution in [1.82, 2.24) is 15.1 Å². The Morgan fingerprint density at radius 2 is 1.50 bits per heavy atom. The van der Waals surface area contributed by atoms with Crippen LogP contribution in [0.4, 0.5) is 0 Å². The molecule has 1 rings (SSSR count). The minimum absolute atomic E-state index is 0.110. The van der Waals surface area contributed by atoms with Crippen molar-refractivity contribution in [3.8, 4) is 0 Å². The molecule has 0 radical (unpaired) electrons. The maximum atomic E-state index is 10.9. The van der Waals surface area contributed by atoms with Gasteiger partial charge < -0.3 is 10.2 Å². The molecule has 1 aliphatic rings. The van der Waals surface area contributed by atoms with Crippen LogP contribution < -0.4 is 5.32 Å². The molecule has 0 unspecified atom stereocenters. The third kappa shape index (κ3) is 9.32. The molecular formula is C16H35N3O. The van der Waals surface area contributed by atoms with Gasteiger partial charge in [-0.25, -0.2) is 0 Å². The van der Waals surface area contributed by atoms with Crippen LogP contribution in [-0.2, 0) is 4.79 Å². The van der Waals surface area contributed by atoms with Gasteiger partial charge in [-0.05, 0) is 26.8 Å². The standard InChI is InChI=1S/C8H18N2.C8H17NO/c1-8(2)10-6-4-9(3)5-7-10;1-6(2)5-9-8(10)7(3)4/h8H,4-7H2,1-3H3;6-7H,5H2,1-4H3,(H,9,10). The summed E-state index contributed by atoms with van der Waals surface area (Å²) in [5.74, 6) is 0.801. The van der Waals surface area contributed by atoms with E-state index in [0.717, 1.165) is 12.6 Å². The second-order valence-corrected chi connectivity index (χ2v) is 6.73. The molecule has 0 aromatic carbocycles. The van der Waals surface area contributed by atoms with E-state index < -0.39 is 0 Å². The van der Waals surface area contributed by atoms with Crippen molar-refractivity contribution in [3.05, 3.63) is 0 Å². The van der Waals surface area contributed by atoms with Crippen LogP contribution in [0, 0.1) is 11.8 Å². The second kappa shape index (κ2) is 10.2. The van der Waals surface area contributed by atoms with Gasteiger partial charge in [-0.2, -0.15) is 0 Å². The second-order valence-electron chi connectivity index (χ2n) is 6.73. The van der Waals surface area contributed by atoms with Gasteiger partial charge in [0, 0.05) is 44.7 Å². The number of hydrogen-bond acceptors (Lipinski definition) is 3. The van der Waals surface area contributed by atoms with Crippen LogP contribution >= 0.6 is 0 Å². The van der Waals surface area contributed by atoms with Gasteiger partial charge in [0.2, 0.25) is 5.91 Å². The highest BCUT2D eigenvalue weighted by molar-refractivity contribution is 5.77. The van der Waals surface area contributed by atoms with Crippen LogP contribution in [0.1, 0.15) is 41.5 Å². The summed E-state index contributed by atoms with van der Waals surface area (Å²) >= 11 is 0. The monoisotopic (exact) mass is 285 g/mol. The van der Waals surface area contributed by atoms with Gasteiger partial charge in [0.05, 0.1) is 0 Å². The van der Waals surface area contributed by atoms with E-state index in [0.29, 0.717) is 5.92 Å². The van der Waals surface area contributed by atoms with Crippen molar-refractivity contribution in [2.75, 3.05) is 39.8 Å². The highest BCUT2D eigenvalue weighted by Gasteiger charge is 2.15. The van der Waals surface area contributed by atoms with Crippen molar-refractivity contribution >= 4 is 5.91 Å². The summed E-state index contributed by atoms with van der Waals surface area (Å²) in [5, 5.41) is 2.84. The van der Waals surface area contributed by atoms with Crippen LogP contribution in [0.3, 0.4) is 0 Å². The fourth-order valence-electron chi connectivity index (χ4n) is 1.85. The summed E-state index contributed by atoms with van der Waals surface area (Å²) in [5.41, 5.74) is 0. The average molecular weight is 285 g/mol. The Morgan fingerprint density at radius 3 is 1.85 bits per heavy atom. The molecule has 0 bridgehead atoms. The average Bonchev–Trinajstić information content (AvgIpc) is 2.37. The Hall–Kier alpha value is -0.610. The molecule has 120 valence electrons. The normalized spacial score (nSPS) is 17.3. The Labute approximate surface area is 125 Å². The maximum Gasteiger partial charge on any atom is 0.222 e. The smallest absolute Gasteiger partial charge is 0.222 e. The first-order valence-electron chi connectivity index (χ1n) is 7.94. The quantitative estimate of drug-likeness (QED) is 0.859. The summed E-state index contributed by atoms with van der Waals surface area (Å²) in [6, 6.07) is 0.730. The summed E-state index contributed by atoms with van der Waals surface area (Å²) in [4.78, 5) is 15.9. The zero-order valence-electron chi connectivity index (χ0n) is 14.6. The van der Waals surface area contributed by atoms with E-state index in [9.17, 15) is 4.79 Å². The van der Waals surface area contributed by atoms with Gasteiger partial charge in [-0.15, -0.1) is 0 Å². The van der Waals surface area contributed by atoms with E-state index >= 15 is 0 Å². The first-order chi connectivity index (χ1) is 9.23. The minimum atomic E-state index is 0.110. The SMILES string of the molecule is CC(C)CNC(=O)C(C)C.CC(C)N1CCN(C)CC1. The van der Waals surface area contributed by atoms with Crippen molar-refractivity contribution < 1.29 is 4.79 Å². The zero-order chi connectivity index (χ0) is 15.7. The van der Waals surface area contributed by atoms with Gasteiger partial charge in [-0.3, -0.25) is 9.69 Å². The number of rotatable bonds is 4. The molecule has 0 aliphatic carbocycles. The molecule has 0 aromatic rings. The van der Waals surface area contributed by atoms with Crippen LogP contribution in [0.2, 0.25) is 0 Å². The molecule has 4 nitrogen and oxygen atoms in total. The molecule has 1 heterocycles. The van der Waals surface area contributed by atoms with Gasteiger partial charge >= 0.3 is 0 Å². The molecule has 1 aliphatic heterocycles. The van der Waals surface area contributed by atoms with E-state index in [1.54, 1.807) is 0 Å². The lowest BCUT2D eigenvalue weighted by molar-refractivity contribution is -0.124. The van der Waals surface area contributed by atoms with Crippen LogP contribution in [0.15, 0.2) is 0 Å². The summed E-state index contributed by atoms with van der Waals surface area (Å²) in [6.07, 6.45) is 0. The van der Waals surface area contributed by atoms with Gasteiger partial charge in [0.15, 0.2) is 0 Å². The lowest BCUT2D eigenvalue weighted by Crippen LogP contribution is -2.47. The third-order valence-corrected chi connectivity index (χ3v) is 3.48. The largest absolute Gasteiger partial charge is 0.356 e. The summed E-state index contributed by atoms with van der Waals surface area (Å²) < 4.78 is 0. The Bertz CT molecular complexity index is 256. The van der Waals surface area contributed by atoms with Gasteiger partial charge in [-0.1, -0.05) is 27.7 Å². The lowest BCUT2D eigenvalue weighted by Gasteiger charge is -2.34. The number of likely N-dealkylation sites (N-methyl/N-ethyl adjacent to an activating group) is 1. The number of carbonyl (C=O) groups is 1. The molecule has 0 aromatic heterocycles. The first-order valence-corrected chi connectivity index (χ1v) is 7.94. The molecule has 1 N–H and O–H groups in total. The number of amides is 1. The zero-order valence-corrected chi connectivity index (χ0v) is 14.6. The molecule has 0 spiro atoms. The number of carbonyl (C=O) groups excluding carboxylic acids is 1. The van der Waals surface area contributed by atoms with Crippen LogP contribution in [0.5, 0.6) is 0 Å². The van der Waals surface area contributed by atoms with Crippen molar-refractivity contribution in [2.24, 2.45) is 11.8 Å². The summed E-state index contributed by atoms with van der Waals surface area (Å²) in [6.45, 7) is 18.2. The summed E-state index contributed by atoms with van der Waals surface area (Å²) in [7, 11) is 2.19. The number of hydrogen-bond donors (Lipinski definition) is 1. The molecule has 1 amide bonds. The molecule has 0 saturated carbocycles. The highest BCUT2D eigenvalue weighted by atomic mass is 16.1. The Kier molecular flexibility index (Phi) is 9.86. The van der Waals surface area contributed by atoms with Crippen molar-refractivity contribution in [3.63, 3.8) is 0 Å². The van der Waals surface area contributed by atoms with Crippen molar-refractivity contribution in [2.45, 2.75) is 47.6 Å². The fourth-order valence-corrected chi connectivity index (χ4v) is 1.85. The Balaban J connectivity index is 0.000000361. The van der Waals surface area contributed by atoms with E-state index in [1.807, 2.05) is 13.8 Å². The molecule has 1 fully saturated rings. The van der Waals surface area contributed by atoms with E-state index in [1.165, 1.54) is 26.2 Å². The molecule has 1 saturated heterocycles. The topological polar surface area (TPSA) is 35.6 Å². The molecule has 0 atom stereocenters. The predicted molar refractivity (Wildman–Crippen MR) is 86.9 cm³/mol. The van der Waals surface area contributed by atoms with Gasteiger partial charge in [0.1, 0.15) is 0 Å². The number of piperazine rings is 1. The minimum Gasteiger partial charge on any atom is -0.356 e. The first kappa shape index (κ1) is 19.4. The van der Waals surface area contributed by atoms with Gasteiger partial charge in [0.25, 0.3) is 0 Å². The van der Waals surface area contributed by atoms with E-state index in [-0.39, 0.29) is 11.8 Å². The molecular weight excluding hydrogens is 250 g/mol. The maximum absolute atomic E-state index is 10.9. The number of nitrogens with one attached hydrogen (secondary N) is 1. The number of nitrogens with zero attached hydrogens (tertiary/aromatic N) is 2. The Morgan fingerprint density at radius 1 is 1.00 bits per heavy atom. The van der Waals surface area contributed by atoms with E-state index in [2.05, 4.69) is 49.9 Å². The van der Waals surface area contributed by atoms with Crippen LogP contribution in [0.25, 0.3) is 0 Å². The van der Waals surface area contributed by atoms with E-state index in [4.69, 9.17) is 0 Å². The van der Waals surface area contributed by atoms with Crippen molar-refractivity contribution in [1.29, 1.82) is 0 Å². The third-order valence-electron chi connectivity index (χ3n) is 3.48. The van der Waals surface area contributed by atoms with Crippen LogP contribution in [-0.4, -0.2) is 61.5 Å². The lowest BCUT2D eigenvalue weighted by atomic mass is 10.2. The molecule has 20 heavy (non-hydrogen) atoms. The predicted octanol–water partition coefficient (Wildman–Crippen LogP) is 2.06. The molecule has 4 heteroatoms. The fraction of sp³-hybridized carbons (Fsp3) is 0.938.